The molecular formula is C33H40N2O6. The first kappa shape index (κ1) is 29.0. The van der Waals surface area contributed by atoms with Gasteiger partial charge in [-0.2, -0.15) is 0 Å². The van der Waals surface area contributed by atoms with Gasteiger partial charge in [-0.3, -0.25) is 14.4 Å². The van der Waals surface area contributed by atoms with Crippen LogP contribution in [0, 0.1) is 11.8 Å². The van der Waals surface area contributed by atoms with Gasteiger partial charge in [-0.05, 0) is 67.9 Å². The van der Waals surface area contributed by atoms with Crippen LogP contribution in [0.1, 0.15) is 44.9 Å². The molecule has 0 saturated carbocycles. The third-order valence-corrected chi connectivity index (χ3v) is 8.78. The Morgan fingerprint density at radius 2 is 1.90 bits per heavy atom. The molecule has 8 heteroatoms. The Balaban J connectivity index is 1.48. The number of likely N-dealkylation sites (tertiary alicyclic amines) is 1. The van der Waals surface area contributed by atoms with E-state index in [1.165, 1.54) is 0 Å². The first-order chi connectivity index (χ1) is 20.0. The van der Waals surface area contributed by atoms with Crippen LogP contribution in [0.4, 0.5) is 5.69 Å². The lowest BCUT2D eigenvalue weighted by Gasteiger charge is -2.37. The zero-order valence-corrected chi connectivity index (χ0v) is 23.6. The van der Waals surface area contributed by atoms with E-state index in [9.17, 15) is 19.5 Å². The number of aliphatic hydroxyl groups excluding tert-OH is 1. The van der Waals surface area contributed by atoms with Crippen LogP contribution in [-0.4, -0.2) is 71.8 Å². The van der Waals surface area contributed by atoms with Crippen molar-refractivity contribution in [2.75, 3.05) is 31.2 Å². The van der Waals surface area contributed by atoms with Gasteiger partial charge in [0.15, 0.2) is 0 Å². The molecule has 3 fully saturated rings. The quantitative estimate of drug-likeness (QED) is 0.209. The molecule has 5 atom stereocenters. The van der Waals surface area contributed by atoms with Gasteiger partial charge in [0, 0.05) is 25.4 Å². The van der Waals surface area contributed by atoms with Crippen LogP contribution in [0.2, 0.25) is 0 Å². The maximum Gasteiger partial charge on any atom is 0.312 e. The summed E-state index contributed by atoms with van der Waals surface area (Å²) in [5.41, 5.74) is -0.372. The lowest BCUT2D eigenvalue weighted by molar-refractivity contribution is -0.155. The minimum absolute atomic E-state index is 0.0719. The fraction of sp³-hybridized carbons (Fsp3) is 0.485. The van der Waals surface area contributed by atoms with Crippen LogP contribution in [0.15, 0.2) is 67.8 Å². The fourth-order valence-electron chi connectivity index (χ4n) is 6.95. The summed E-state index contributed by atoms with van der Waals surface area (Å²) >= 11 is 0. The highest BCUT2D eigenvalue weighted by Gasteiger charge is 2.75. The van der Waals surface area contributed by atoms with Gasteiger partial charge in [0.1, 0.15) is 11.6 Å². The molecule has 5 rings (SSSR count). The Kier molecular flexibility index (Phi) is 8.90. The standard InChI is InChI=1S/C33H40N2O6/c1-3-5-11-21-40-32(39)27-26-16-17-33(41-26)28(27)30(37)35(19-9-6-10-20-36)29(33)31(38)34(18-4-2)25-15-14-23-12-7-8-13-24(23)22-25/h3-4,7-8,12-15,22,26-29,36H,1-2,5-6,9-11,16-21H2/t26-,27+,28-,29?,33?/m0/s1. The van der Waals surface area contributed by atoms with Gasteiger partial charge < -0.3 is 24.4 Å². The number of benzene rings is 2. The molecule has 1 spiro atoms. The summed E-state index contributed by atoms with van der Waals surface area (Å²) in [6, 6.07) is 13.0. The average Bonchev–Trinajstić information content (AvgIpc) is 3.63. The van der Waals surface area contributed by atoms with Crippen molar-refractivity contribution in [2.24, 2.45) is 11.8 Å². The predicted molar refractivity (Wildman–Crippen MR) is 157 cm³/mol. The van der Waals surface area contributed by atoms with Crippen molar-refractivity contribution in [1.82, 2.24) is 4.90 Å². The van der Waals surface area contributed by atoms with Crippen molar-refractivity contribution >= 4 is 34.2 Å². The molecule has 2 aromatic rings. The van der Waals surface area contributed by atoms with Gasteiger partial charge in [0.2, 0.25) is 5.91 Å². The number of rotatable bonds is 14. The predicted octanol–water partition coefficient (Wildman–Crippen LogP) is 4.41. The number of carbonyl (C=O) groups is 3. The monoisotopic (exact) mass is 560 g/mol. The lowest BCUT2D eigenvalue weighted by Crippen LogP contribution is -2.56. The third kappa shape index (κ3) is 5.31. The molecule has 2 aromatic carbocycles. The largest absolute Gasteiger partial charge is 0.465 e. The third-order valence-electron chi connectivity index (χ3n) is 8.78. The van der Waals surface area contributed by atoms with Crippen LogP contribution < -0.4 is 4.90 Å². The fourth-order valence-corrected chi connectivity index (χ4v) is 6.95. The number of allylic oxidation sites excluding steroid dienone is 1. The molecule has 41 heavy (non-hydrogen) atoms. The number of fused-ring (bicyclic) bond motifs is 2. The minimum atomic E-state index is -1.09. The second kappa shape index (κ2) is 12.6. The van der Waals surface area contributed by atoms with E-state index in [1.54, 1.807) is 22.0 Å². The summed E-state index contributed by atoms with van der Waals surface area (Å²) < 4.78 is 12.1. The van der Waals surface area contributed by atoms with Crippen molar-refractivity contribution in [3.8, 4) is 0 Å². The van der Waals surface area contributed by atoms with Crippen LogP contribution in [0.25, 0.3) is 10.8 Å². The SMILES string of the molecule is C=CCCCOC(=O)[C@@H]1[C@@H]2CCC3(O2)C(C(=O)N(CC=C)c2ccc4ccccc4c2)N(CCCCCO)C(=O)[C@H]13. The van der Waals surface area contributed by atoms with E-state index < -0.39 is 35.6 Å². The molecule has 8 nitrogen and oxygen atoms in total. The zero-order valence-electron chi connectivity index (χ0n) is 23.6. The first-order valence-electron chi connectivity index (χ1n) is 14.7. The number of hydrogen-bond acceptors (Lipinski definition) is 6. The Morgan fingerprint density at radius 1 is 1.10 bits per heavy atom. The topological polar surface area (TPSA) is 96.4 Å². The summed E-state index contributed by atoms with van der Waals surface area (Å²) in [5, 5.41) is 11.3. The number of aliphatic hydroxyl groups is 1. The lowest BCUT2D eigenvalue weighted by atomic mass is 9.70. The van der Waals surface area contributed by atoms with Gasteiger partial charge in [-0.25, -0.2) is 0 Å². The Morgan fingerprint density at radius 3 is 2.66 bits per heavy atom. The van der Waals surface area contributed by atoms with Gasteiger partial charge in [0.25, 0.3) is 5.91 Å². The molecule has 0 aliphatic carbocycles. The number of esters is 1. The summed E-state index contributed by atoms with van der Waals surface area (Å²) in [6.45, 7) is 8.54. The van der Waals surface area contributed by atoms with E-state index in [0.29, 0.717) is 44.3 Å². The molecule has 218 valence electrons. The highest BCUT2D eigenvalue weighted by atomic mass is 16.6. The van der Waals surface area contributed by atoms with E-state index in [2.05, 4.69) is 13.2 Å². The van der Waals surface area contributed by atoms with Gasteiger partial charge in [-0.1, -0.05) is 42.5 Å². The highest BCUT2D eigenvalue weighted by molar-refractivity contribution is 6.05. The maximum absolute atomic E-state index is 14.6. The number of unbranched alkanes of at least 4 members (excludes halogenated alkanes) is 3. The Labute approximate surface area is 241 Å². The molecule has 0 radical (unpaired) electrons. The molecular weight excluding hydrogens is 520 g/mol. The molecule has 3 saturated heterocycles. The number of ether oxygens (including phenoxy) is 2. The van der Waals surface area contributed by atoms with E-state index in [1.807, 2.05) is 42.5 Å². The van der Waals surface area contributed by atoms with E-state index >= 15 is 0 Å². The molecule has 3 aliphatic heterocycles. The van der Waals surface area contributed by atoms with Gasteiger partial charge >= 0.3 is 5.97 Å². The first-order valence-corrected chi connectivity index (χ1v) is 14.7. The summed E-state index contributed by atoms with van der Waals surface area (Å²) in [5.74, 6) is -2.38. The number of hydrogen-bond donors (Lipinski definition) is 1. The molecule has 3 aliphatic rings. The number of carbonyl (C=O) groups excluding carboxylic acids is 3. The molecule has 0 aromatic heterocycles. The van der Waals surface area contributed by atoms with Crippen molar-refractivity contribution in [1.29, 1.82) is 0 Å². The normalized spacial score (nSPS) is 26.3. The second-order valence-electron chi connectivity index (χ2n) is 11.2. The second-order valence-corrected chi connectivity index (χ2v) is 11.2. The minimum Gasteiger partial charge on any atom is -0.465 e. The molecule has 1 N–H and O–H groups in total. The highest BCUT2D eigenvalue weighted by Crippen LogP contribution is 2.59. The summed E-state index contributed by atoms with van der Waals surface area (Å²) in [4.78, 5) is 45.3. The van der Waals surface area contributed by atoms with Crippen LogP contribution in [0.5, 0.6) is 0 Å². The van der Waals surface area contributed by atoms with E-state index in [0.717, 1.165) is 23.6 Å². The number of amides is 2. The summed E-state index contributed by atoms with van der Waals surface area (Å²) in [6.07, 6.45) is 7.50. The van der Waals surface area contributed by atoms with E-state index in [-0.39, 0.29) is 31.6 Å². The smallest absolute Gasteiger partial charge is 0.312 e. The Hall–Kier alpha value is -3.49. The molecule has 3 heterocycles. The molecule has 2 bridgehead atoms. The molecule has 2 unspecified atom stereocenters. The Bertz CT molecular complexity index is 1310. The zero-order chi connectivity index (χ0) is 29.0. The van der Waals surface area contributed by atoms with Crippen LogP contribution in [0.3, 0.4) is 0 Å². The van der Waals surface area contributed by atoms with Crippen molar-refractivity contribution < 1.29 is 29.0 Å². The maximum atomic E-state index is 14.6. The van der Waals surface area contributed by atoms with Crippen molar-refractivity contribution in [3.05, 3.63) is 67.8 Å². The number of anilines is 1. The number of nitrogens with zero attached hydrogens (tertiary/aromatic N) is 2. The van der Waals surface area contributed by atoms with E-state index in [4.69, 9.17) is 9.47 Å². The van der Waals surface area contributed by atoms with Crippen LogP contribution >= 0.6 is 0 Å². The summed E-state index contributed by atoms with van der Waals surface area (Å²) in [7, 11) is 0. The van der Waals surface area contributed by atoms with Crippen molar-refractivity contribution in [3.63, 3.8) is 0 Å². The van der Waals surface area contributed by atoms with Crippen molar-refractivity contribution in [2.45, 2.75) is 62.7 Å². The average molecular weight is 561 g/mol. The van der Waals surface area contributed by atoms with Gasteiger partial charge in [0.05, 0.1) is 24.5 Å². The molecule has 2 amide bonds. The van der Waals surface area contributed by atoms with Crippen LogP contribution in [-0.2, 0) is 23.9 Å². The van der Waals surface area contributed by atoms with Gasteiger partial charge in [-0.15, -0.1) is 13.2 Å².